The zero-order valence-corrected chi connectivity index (χ0v) is 12.4. The van der Waals surface area contributed by atoms with Gasteiger partial charge in [-0.2, -0.15) is 0 Å². The Balaban J connectivity index is 1.84. The SMILES string of the molecule is CCOC1CCCN(CC2NCCCC2(C)C)C1. The van der Waals surface area contributed by atoms with Crippen molar-refractivity contribution >= 4 is 0 Å². The van der Waals surface area contributed by atoms with Crippen LogP contribution in [0.3, 0.4) is 0 Å². The zero-order chi connectivity index (χ0) is 13.0. The lowest BCUT2D eigenvalue weighted by molar-refractivity contribution is -0.00317. The Labute approximate surface area is 112 Å². The van der Waals surface area contributed by atoms with Crippen molar-refractivity contribution in [3.05, 3.63) is 0 Å². The second kappa shape index (κ2) is 6.36. The Kier molecular flexibility index (Phi) is 5.05. The Bertz CT molecular complexity index is 253. The number of hydrogen-bond acceptors (Lipinski definition) is 3. The summed E-state index contributed by atoms with van der Waals surface area (Å²) in [4.78, 5) is 2.61. The van der Waals surface area contributed by atoms with Crippen LogP contribution in [0.4, 0.5) is 0 Å². The lowest BCUT2D eigenvalue weighted by atomic mass is 9.77. The summed E-state index contributed by atoms with van der Waals surface area (Å²) in [7, 11) is 0. The van der Waals surface area contributed by atoms with Crippen LogP contribution in [-0.2, 0) is 4.74 Å². The number of hydrogen-bond donors (Lipinski definition) is 1. The van der Waals surface area contributed by atoms with Crippen LogP contribution < -0.4 is 5.32 Å². The Hall–Kier alpha value is -0.120. The van der Waals surface area contributed by atoms with E-state index in [9.17, 15) is 0 Å². The summed E-state index contributed by atoms with van der Waals surface area (Å²) >= 11 is 0. The molecule has 2 fully saturated rings. The van der Waals surface area contributed by atoms with Gasteiger partial charge in [-0.05, 0) is 51.1 Å². The molecule has 2 aliphatic rings. The summed E-state index contributed by atoms with van der Waals surface area (Å²) in [6, 6.07) is 0.645. The number of nitrogens with zero attached hydrogens (tertiary/aromatic N) is 1. The maximum absolute atomic E-state index is 5.79. The van der Waals surface area contributed by atoms with Crippen LogP contribution >= 0.6 is 0 Å². The lowest BCUT2D eigenvalue weighted by Crippen LogP contribution is -2.54. The first-order chi connectivity index (χ1) is 8.62. The van der Waals surface area contributed by atoms with Crippen molar-refractivity contribution in [1.29, 1.82) is 0 Å². The van der Waals surface area contributed by atoms with Crippen LogP contribution in [-0.4, -0.2) is 49.8 Å². The van der Waals surface area contributed by atoms with E-state index in [1.807, 2.05) is 0 Å². The number of rotatable bonds is 4. The highest BCUT2D eigenvalue weighted by Crippen LogP contribution is 2.31. The second-order valence-electron chi connectivity index (χ2n) is 6.58. The minimum absolute atomic E-state index is 0.441. The Morgan fingerprint density at radius 1 is 1.33 bits per heavy atom. The monoisotopic (exact) mass is 254 g/mol. The van der Waals surface area contributed by atoms with Crippen LogP contribution in [0.1, 0.15) is 46.5 Å². The molecule has 2 heterocycles. The van der Waals surface area contributed by atoms with Gasteiger partial charge in [-0.15, -0.1) is 0 Å². The van der Waals surface area contributed by atoms with E-state index in [0.717, 1.165) is 13.2 Å². The molecule has 106 valence electrons. The highest BCUT2D eigenvalue weighted by Gasteiger charge is 2.34. The molecule has 0 saturated carbocycles. The normalized spacial score (nSPS) is 33.5. The molecule has 1 N–H and O–H groups in total. The highest BCUT2D eigenvalue weighted by atomic mass is 16.5. The Morgan fingerprint density at radius 3 is 2.89 bits per heavy atom. The van der Waals surface area contributed by atoms with Gasteiger partial charge in [0.2, 0.25) is 0 Å². The molecular formula is C15H30N2O. The van der Waals surface area contributed by atoms with Gasteiger partial charge in [-0.1, -0.05) is 13.8 Å². The minimum atomic E-state index is 0.441. The third-order valence-corrected chi connectivity index (χ3v) is 4.64. The number of likely N-dealkylation sites (tertiary alicyclic amines) is 1. The fraction of sp³-hybridized carbons (Fsp3) is 1.00. The summed E-state index contributed by atoms with van der Waals surface area (Å²) in [5.74, 6) is 0. The number of nitrogens with one attached hydrogen (secondary N) is 1. The number of ether oxygens (including phenoxy) is 1. The van der Waals surface area contributed by atoms with E-state index in [1.165, 1.54) is 45.3 Å². The van der Waals surface area contributed by atoms with Crippen molar-refractivity contribution in [2.75, 3.05) is 32.8 Å². The van der Waals surface area contributed by atoms with Gasteiger partial charge in [0.1, 0.15) is 0 Å². The van der Waals surface area contributed by atoms with E-state index in [-0.39, 0.29) is 0 Å². The predicted molar refractivity (Wildman–Crippen MR) is 75.9 cm³/mol. The summed E-state index contributed by atoms with van der Waals surface area (Å²) in [6.07, 6.45) is 5.68. The predicted octanol–water partition coefficient (Wildman–Crippen LogP) is 2.27. The molecule has 3 heteroatoms. The smallest absolute Gasteiger partial charge is 0.0702 e. The molecule has 0 radical (unpaired) electrons. The Morgan fingerprint density at radius 2 is 2.17 bits per heavy atom. The van der Waals surface area contributed by atoms with Crippen molar-refractivity contribution in [2.45, 2.75) is 58.6 Å². The maximum Gasteiger partial charge on any atom is 0.0702 e. The molecule has 0 aromatic heterocycles. The molecule has 0 aromatic carbocycles. The first-order valence-corrected chi connectivity index (χ1v) is 7.69. The quantitative estimate of drug-likeness (QED) is 0.833. The second-order valence-corrected chi connectivity index (χ2v) is 6.58. The van der Waals surface area contributed by atoms with Crippen LogP contribution in [0.25, 0.3) is 0 Å². The van der Waals surface area contributed by atoms with Gasteiger partial charge in [0.15, 0.2) is 0 Å². The van der Waals surface area contributed by atoms with Gasteiger partial charge in [0, 0.05) is 25.7 Å². The van der Waals surface area contributed by atoms with Gasteiger partial charge in [-0.25, -0.2) is 0 Å². The van der Waals surface area contributed by atoms with Crippen LogP contribution in [0.5, 0.6) is 0 Å². The van der Waals surface area contributed by atoms with E-state index in [1.54, 1.807) is 0 Å². The molecular weight excluding hydrogens is 224 g/mol. The van der Waals surface area contributed by atoms with E-state index in [4.69, 9.17) is 4.74 Å². The van der Waals surface area contributed by atoms with Crippen LogP contribution in [0.15, 0.2) is 0 Å². The van der Waals surface area contributed by atoms with Gasteiger partial charge < -0.3 is 10.1 Å². The first-order valence-electron chi connectivity index (χ1n) is 7.69. The molecule has 2 atom stereocenters. The summed E-state index contributed by atoms with van der Waals surface area (Å²) in [5.41, 5.74) is 0.441. The van der Waals surface area contributed by atoms with Crippen molar-refractivity contribution in [3.63, 3.8) is 0 Å². The van der Waals surface area contributed by atoms with E-state index in [2.05, 4.69) is 31.0 Å². The highest BCUT2D eigenvalue weighted by molar-refractivity contribution is 4.91. The molecule has 2 unspecified atom stereocenters. The average Bonchev–Trinajstić information content (AvgIpc) is 2.33. The third kappa shape index (κ3) is 3.69. The molecule has 0 amide bonds. The fourth-order valence-corrected chi connectivity index (χ4v) is 3.39. The summed E-state index contributed by atoms with van der Waals surface area (Å²) in [6.45, 7) is 12.5. The first kappa shape index (κ1) is 14.3. The van der Waals surface area contributed by atoms with E-state index < -0.39 is 0 Å². The average molecular weight is 254 g/mol. The fourth-order valence-electron chi connectivity index (χ4n) is 3.39. The van der Waals surface area contributed by atoms with Gasteiger partial charge in [0.25, 0.3) is 0 Å². The molecule has 0 aliphatic carbocycles. The van der Waals surface area contributed by atoms with E-state index >= 15 is 0 Å². The van der Waals surface area contributed by atoms with Gasteiger partial charge >= 0.3 is 0 Å². The van der Waals surface area contributed by atoms with Crippen LogP contribution in [0.2, 0.25) is 0 Å². The molecule has 3 nitrogen and oxygen atoms in total. The van der Waals surface area contributed by atoms with Crippen molar-refractivity contribution < 1.29 is 4.74 Å². The zero-order valence-electron chi connectivity index (χ0n) is 12.4. The van der Waals surface area contributed by atoms with Crippen molar-refractivity contribution in [2.24, 2.45) is 5.41 Å². The summed E-state index contributed by atoms with van der Waals surface area (Å²) < 4.78 is 5.79. The van der Waals surface area contributed by atoms with Gasteiger partial charge in [0.05, 0.1) is 6.10 Å². The molecule has 2 aliphatic heterocycles. The number of piperidine rings is 2. The molecule has 0 spiro atoms. The standard InChI is InChI=1S/C15H30N2O/c1-4-18-13-7-5-10-17(11-13)12-14-15(2,3)8-6-9-16-14/h13-14,16H,4-12H2,1-3H3. The van der Waals surface area contributed by atoms with Crippen molar-refractivity contribution in [3.8, 4) is 0 Å². The van der Waals surface area contributed by atoms with Gasteiger partial charge in [-0.3, -0.25) is 4.90 Å². The topological polar surface area (TPSA) is 24.5 Å². The molecule has 0 aromatic rings. The molecule has 18 heavy (non-hydrogen) atoms. The third-order valence-electron chi connectivity index (χ3n) is 4.64. The van der Waals surface area contributed by atoms with Crippen molar-refractivity contribution in [1.82, 2.24) is 10.2 Å². The van der Waals surface area contributed by atoms with E-state index in [0.29, 0.717) is 17.6 Å². The molecule has 0 bridgehead atoms. The summed E-state index contributed by atoms with van der Waals surface area (Å²) in [5, 5.41) is 3.72. The minimum Gasteiger partial charge on any atom is -0.377 e. The molecule has 2 saturated heterocycles. The lowest BCUT2D eigenvalue weighted by Gasteiger charge is -2.43. The maximum atomic E-state index is 5.79. The largest absolute Gasteiger partial charge is 0.377 e. The molecule has 2 rings (SSSR count). The van der Waals surface area contributed by atoms with Crippen LogP contribution in [0, 0.1) is 5.41 Å².